The van der Waals surface area contributed by atoms with Crippen molar-refractivity contribution in [3.05, 3.63) is 29.8 Å². The Balaban J connectivity index is 1.80. The van der Waals surface area contributed by atoms with Gasteiger partial charge in [0, 0.05) is 24.4 Å². The zero-order chi connectivity index (χ0) is 14.9. The maximum absolute atomic E-state index is 12.1. The number of carbonyl (C=O) groups is 1. The fourth-order valence-corrected chi connectivity index (χ4v) is 2.85. The molecule has 1 amide bonds. The summed E-state index contributed by atoms with van der Waals surface area (Å²) in [6.07, 6.45) is 7.30. The summed E-state index contributed by atoms with van der Waals surface area (Å²) in [5.74, 6) is 0.0779. The van der Waals surface area contributed by atoms with Crippen molar-refractivity contribution in [3.63, 3.8) is 0 Å². The second-order valence-electron chi connectivity index (χ2n) is 5.70. The molecule has 4 nitrogen and oxygen atoms in total. The summed E-state index contributed by atoms with van der Waals surface area (Å²) in [6, 6.07) is 8.29. The van der Waals surface area contributed by atoms with Gasteiger partial charge in [-0.3, -0.25) is 4.79 Å². The first-order chi connectivity index (χ1) is 10.3. The first kappa shape index (κ1) is 15.8. The summed E-state index contributed by atoms with van der Waals surface area (Å²) >= 11 is 0. The van der Waals surface area contributed by atoms with Crippen LogP contribution in [-0.2, 0) is 16.1 Å². The molecular weight excluding hydrogens is 264 g/mol. The van der Waals surface area contributed by atoms with Crippen LogP contribution in [0.5, 0.6) is 0 Å². The molecule has 1 aliphatic rings. The lowest BCUT2D eigenvalue weighted by Crippen LogP contribution is -2.38. The lowest BCUT2D eigenvalue weighted by Gasteiger charge is -2.17. The van der Waals surface area contributed by atoms with Crippen molar-refractivity contribution in [1.82, 2.24) is 5.32 Å². The minimum atomic E-state index is 0.0779. The molecule has 1 aromatic carbocycles. The van der Waals surface area contributed by atoms with Gasteiger partial charge >= 0.3 is 0 Å². The predicted molar refractivity (Wildman–Crippen MR) is 85.3 cm³/mol. The summed E-state index contributed by atoms with van der Waals surface area (Å²) < 4.78 is 5.17. The molecule has 1 saturated carbocycles. The quantitative estimate of drug-likeness (QED) is 0.792. The van der Waals surface area contributed by atoms with Crippen molar-refractivity contribution in [2.45, 2.75) is 51.2 Å². The van der Waals surface area contributed by atoms with Gasteiger partial charge in [-0.05, 0) is 18.9 Å². The number of hydrogen-bond acceptors (Lipinski definition) is 3. The summed E-state index contributed by atoms with van der Waals surface area (Å²) in [5.41, 5.74) is 2.04. The highest BCUT2D eigenvalue weighted by Gasteiger charge is 2.14. The summed E-state index contributed by atoms with van der Waals surface area (Å²) in [5, 5.41) is 6.36. The van der Waals surface area contributed by atoms with Crippen molar-refractivity contribution in [3.8, 4) is 0 Å². The smallest absolute Gasteiger partial charge is 0.239 e. The van der Waals surface area contributed by atoms with Gasteiger partial charge in [-0.15, -0.1) is 0 Å². The Morgan fingerprint density at radius 3 is 2.62 bits per heavy atom. The van der Waals surface area contributed by atoms with E-state index >= 15 is 0 Å². The Labute approximate surface area is 127 Å². The van der Waals surface area contributed by atoms with Crippen molar-refractivity contribution >= 4 is 11.6 Å². The van der Waals surface area contributed by atoms with Gasteiger partial charge < -0.3 is 15.4 Å². The van der Waals surface area contributed by atoms with Crippen LogP contribution < -0.4 is 10.6 Å². The van der Waals surface area contributed by atoms with Crippen molar-refractivity contribution < 1.29 is 9.53 Å². The minimum absolute atomic E-state index is 0.0779. The number of nitrogens with one attached hydrogen (secondary N) is 2. The van der Waals surface area contributed by atoms with E-state index in [9.17, 15) is 4.79 Å². The minimum Gasteiger partial charge on any atom is -0.380 e. The van der Waals surface area contributed by atoms with E-state index in [2.05, 4.69) is 10.6 Å². The van der Waals surface area contributed by atoms with Gasteiger partial charge in [0.1, 0.15) is 0 Å². The molecule has 4 heteroatoms. The molecule has 21 heavy (non-hydrogen) atoms. The highest BCUT2D eigenvalue weighted by Crippen LogP contribution is 2.17. The normalized spacial score (nSPS) is 16.2. The number of ether oxygens (including phenoxy) is 1. The third-order valence-corrected chi connectivity index (χ3v) is 3.98. The van der Waals surface area contributed by atoms with Gasteiger partial charge in [0.25, 0.3) is 0 Å². The molecular formula is C17H26N2O2. The fourth-order valence-electron chi connectivity index (χ4n) is 2.85. The molecule has 116 valence electrons. The number of hydrogen-bond donors (Lipinski definition) is 2. The molecule has 2 rings (SSSR count). The molecule has 0 radical (unpaired) electrons. The summed E-state index contributed by atoms with van der Waals surface area (Å²) in [4.78, 5) is 12.1. The van der Waals surface area contributed by atoms with Crippen LogP contribution >= 0.6 is 0 Å². The number of amides is 1. The monoisotopic (exact) mass is 290 g/mol. The molecule has 0 aliphatic heterocycles. The van der Waals surface area contributed by atoms with Gasteiger partial charge in [-0.25, -0.2) is 0 Å². The highest BCUT2D eigenvalue weighted by molar-refractivity contribution is 5.81. The third-order valence-electron chi connectivity index (χ3n) is 3.98. The first-order valence-corrected chi connectivity index (χ1v) is 7.89. The second kappa shape index (κ2) is 8.67. The Kier molecular flexibility index (Phi) is 6.54. The Hall–Kier alpha value is -1.55. The maximum Gasteiger partial charge on any atom is 0.239 e. The topological polar surface area (TPSA) is 50.4 Å². The third kappa shape index (κ3) is 5.38. The Bertz CT molecular complexity index is 440. The number of benzene rings is 1. The van der Waals surface area contributed by atoms with E-state index in [1.807, 2.05) is 24.3 Å². The predicted octanol–water partition coefficient (Wildman–Crippen LogP) is 3.08. The molecule has 0 saturated heterocycles. The molecule has 0 aromatic heterocycles. The van der Waals surface area contributed by atoms with E-state index in [-0.39, 0.29) is 5.91 Å². The van der Waals surface area contributed by atoms with Crippen molar-refractivity contribution in [2.75, 3.05) is 19.0 Å². The zero-order valence-electron chi connectivity index (χ0n) is 12.9. The largest absolute Gasteiger partial charge is 0.380 e. The standard InChI is InChI=1S/C17H26N2O2/c1-21-13-14-8-6-7-11-16(14)18-12-17(20)19-15-9-4-2-3-5-10-15/h6-8,11,15,18H,2-5,9-10,12-13H2,1H3,(H,19,20). The van der Waals surface area contributed by atoms with Crippen LogP contribution in [0, 0.1) is 0 Å². The Morgan fingerprint density at radius 2 is 1.90 bits per heavy atom. The average molecular weight is 290 g/mol. The second-order valence-corrected chi connectivity index (χ2v) is 5.70. The molecule has 1 aromatic rings. The van der Waals surface area contributed by atoms with E-state index in [0.29, 0.717) is 19.2 Å². The van der Waals surface area contributed by atoms with Crippen LogP contribution in [0.4, 0.5) is 5.69 Å². The average Bonchev–Trinajstić information content (AvgIpc) is 2.75. The van der Waals surface area contributed by atoms with Crippen molar-refractivity contribution in [2.24, 2.45) is 0 Å². The molecule has 0 heterocycles. The fraction of sp³-hybridized carbons (Fsp3) is 0.588. The van der Waals surface area contributed by atoms with Crippen LogP contribution in [0.1, 0.15) is 44.1 Å². The van der Waals surface area contributed by atoms with E-state index in [1.54, 1.807) is 7.11 Å². The van der Waals surface area contributed by atoms with E-state index in [4.69, 9.17) is 4.74 Å². The van der Waals surface area contributed by atoms with E-state index in [0.717, 1.165) is 24.1 Å². The molecule has 0 unspecified atom stereocenters. The molecule has 0 spiro atoms. The number of methoxy groups -OCH3 is 1. The van der Waals surface area contributed by atoms with Crippen LogP contribution in [0.3, 0.4) is 0 Å². The van der Waals surface area contributed by atoms with Crippen LogP contribution in [0.25, 0.3) is 0 Å². The Morgan fingerprint density at radius 1 is 1.19 bits per heavy atom. The molecule has 1 aliphatic carbocycles. The van der Waals surface area contributed by atoms with Gasteiger partial charge in [-0.1, -0.05) is 43.9 Å². The number of carbonyl (C=O) groups excluding carboxylic acids is 1. The van der Waals surface area contributed by atoms with Gasteiger partial charge in [0.05, 0.1) is 13.2 Å². The number of rotatable bonds is 6. The molecule has 2 N–H and O–H groups in total. The SMILES string of the molecule is COCc1ccccc1NCC(=O)NC1CCCCCC1. The molecule has 1 fully saturated rings. The van der Waals surface area contributed by atoms with Gasteiger partial charge in [0.15, 0.2) is 0 Å². The van der Waals surface area contributed by atoms with E-state index < -0.39 is 0 Å². The van der Waals surface area contributed by atoms with Crippen LogP contribution in [-0.4, -0.2) is 25.6 Å². The molecule has 0 bridgehead atoms. The van der Waals surface area contributed by atoms with Gasteiger partial charge in [0.2, 0.25) is 5.91 Å². The lowest BCUT2D eigenvalue weighted by molar-refractivity contribution is -0.120. The lowest BCUT2D eigenvalue weighted by atomic mass is 10.1. The zero-order valence-corrected chi connectivity index (χ0v) is 12.9. The maximum atomic E-state index is 12.1. The van der Waals surface area contributed by atoms with Crippen molar-refractivity contribution in [1.29, 1.82) is 0 Å². The van der Waals surface area contributed by atoms with Crippen LogP contribution in [0.15, 0.2) is 24.3 Å². The highest BCUT2D eigenvalue weighted by atomic mass is 16.5. The summed E-state index contributed by atoms with van der Waals surface area (Å²) in [7, 11) is 1.68. The summed E-state index contributed by atoms with van der Waals surface area (Å²) in [6.45, 7) is 0.866. The molecule has 0 atom stereocenters. The van der Waals surface area contributed by atoms with Gasteiger partial charge in [-0.2, -0.15) is 0 Å². The first-order valence-electron chi connectivity index (χ1n) is 7.89. The number of anilines is 1. The van der Waals surface area contributed by atoms with E-state index in [1.165, 1.54) is 25.7 Å². The number of para-hydroxylation sites is 1. The van der Waals surface area contributed by atoms with Crippen LogP contribution in [0.2, 0.25) is 0 Å².